The SMILES string of the molecule is Cc1cccc(N2CCN(C(=O)c3ccnc(NCc4ccccn4)c3)CC2)c1. The van der Waals surface area contributed by atoms with E-state index in [1.54, 1.807) is 18.5 Å². The van der Waals surface area contributed by atoms with Crippen molar-refractivity contribution >= 4 is 17.4 Å². The number of piperazine rings is 1. The number of hydrogen-bond acceptors (Lipinski definition) is 5. The molecule has 0 saturated carbocycles. The van der Waals surface area contributed by atoms with Crippen molar-refractivity contribution in [2.24, 2.45) is 0 Å². The molecule has 2 aromatic heterocycles. The van der Waals surface area contributed by atoms with Crippen LogP contribution in [0.3, 0.4) is 0 Å². The monoisotopic (exact) mass is 387 g/mol. The average molecular weight is 387 g/mol. The molecule has 0 aliphatic carbocycles. The summed E-state index contributed by atoms with van der Waals surface area (Å²) in [6, 6.07) is 17.9. The van der Waals surface area contributed by atoms with Crippen LogP contribution in [0.25, 0.3) is 0 Å². The minimum Gasteiger partial charge on any atom is -0.368 e. The largest absolute Gasteiger partial charge is 0.368 e. The summed E-state index contributed by atoms with van der Waals surface area (Å²) in [6.45, 7) is 5.78. The normalized spacial score (nSPS) is 14.0. The predicted molar refractivity (Wildman–Crippen MR) is 115 cm³/mol. The lowest BCUT2D eigenvalue weighted by atomic mass is 10.1. The zero-order valence-corrected chi connectivity index (χ0v) is 16.6. The van der Waals surface area contributed by atoms with Gasteiger partial charge in [-0.3, -0.25) is 9.78 Å². The third kappa shape index (κ3) is 4.71. The first-order valence-corrected chi connectivity index (χ1v) is 9.90. The van der Waals surface area contributed by atoms with Gasteiger partial charge < -0.3 is 15.1 Å². The van der Waals surface area contributed by atoms with Crippen LogP contribution in [0.2, 0.25) is 0 Å². The molecule has 3 heterocycles. The highest BCUT2D eigenvalue weighted by Crippen LogP contribution is 2.19. The van der Waals surface area contributed by atoms with Crippen LogP contribution in [0.1, 0.15) is 21.6 Å². The Bertz CT molecular complexity index is 968. The fourth-order valence-electron chi connectivity index (χ4n) is 3.52. The number of hydrogen-bond donors (Lipinski definition) is 1. The van der Waals surface area contributed by atoms with Crippen LogP contribution >= 0.6 is 0 Å². The molecule has 0 atom stereocenters. The third-order valence-corrected chi connectivity index (χ3v) is 5.12. The zero-order chi connectivity index (χ0) is 20.1. The predicted octanol–water partition coefficient (Wildman–Crippen LogP) is 3.36. The highest BCUT2D eigenvalue weighted by molar-refractivity contribution is 5.95. The standard InChI is InChI=1S/C23H25N5O/c1-18-5-4-7-21(15-18)27-11-13-28(14-12-27)23(29)19-8-10-25-22(16-19)26-17-20-6-2-3-9-24-20/h2-10,15-16H,11-14,17H2,1H3,(H,25,26). The first kappa shape index (κ1) is 18.9. The number of rotatable bonds is 5. The third-order valence-electron chi connectivity index (χ3n) is 5.12. The van der Waals surface area contributed by atoms with Gasteiger partial charge in [-0.25, -0.2) is 4.98 Å². The number of nitrogens with zero attached hydrogens (tertiary/aromatic N) is 4. The Morgan fingerprint density at radius 1 is 0.966 bits per heavy atom. The van der Waals surface area contributed by atoms with E-state index in [1.165, 1.54) is 11.3 Å². The van der Waals surface area contributed by atoms with Gasteiger partial charge in [0.15, 0.2) is 0 Å². The van der Waals surface area contributed by atoms with Gasteiger partial charge in [0.2, 0.25) is 0 Å². The van der Waals surface area contributed by atoms with Crippen molar-refractivity contribution in [3.63, 3.8) is 0 Å². The Morgan fingerprint density at radius 2 is 1.83 bits per heavy atom. The van der Waals surface area contributed by atoms with E-state index in [0.717, 1.165) is 18.8 Å². The number of aromatic nitrogens is 2. The van der Waals surface area contributed by atoms with E-state index in [1.807, 2.05) is 29.2 Å². The maximum absolute atomic E-state index is 13.0. The lowest BCUT2D eigenvalue weighted by molar-refractivity contribution is 0.0746. The lowest BCUT2D eigenvalue weighted by Gasteiger charge is -2.36. The van der Waals surface area contributed by atoms with Crippen molar-refractivity contribution in [3.8, 4) is 0 Å². The molecule has 29 heavy (non-hydrogen) atoms. The number of carbonyl (C=O) groups excluding carboxylic acids is 1. The maximum atomic E-state index is 13.0. The van der Waals surface area contributed by atoms with E-state index in [9.17, 15) is 4.79 Å². The van der Waals surface area contributed by atoms with E-state index < -0.39 is 0 Å². The fraction of sp³-hybridized carbons (Fsp3) is 0.261. The second-order valence-electron chi connectivity index (χ2n) is 7.22. The molecule has 148 valence electrons. The molecule has 1 aliphatic heterocycles. The number of pyridine rings is 2. The molecule has 0 spiro atoms. The average Bonchev–Trinajstić information content (AvgIpc) is 2.78. The van der Waals surface area contributed by atoms with E-state index in [4.69, 9.17) is 0 Å². The van der Waals surface area contributed by atoms with Crippen molar-refractivity contribution in [2.75, 3.05) is 36.4 Å². The molecule has 1 saturated heterocycles. The number of carbonyl (C=O) groups is 1. The van der Waals surface area contributed by atoms with E-state index in [2.05, 4.69) is 51.4 Å². The van der Waals surface area contributed by atoms with Crippen LogP contribution in [-0.2, 0) is 6.54 Å². The van der Waals surface area contributed by atoms with Crippen molar-refractivity contribution in [1.82, 2.24) is 14.9 Å². The zero-order valence-electron chi connectivity index (χ0n) is 16.6. The minimum absolute atomic E-state index is 0.0529. The Kier molecular flexibility index (Phi) is 5.70. The molecule has 1 aliphatic rings. The number of anilines is 2. The number of aryl methyl sites for hydroxylation is 1. The molecule has 0 bridgehead atoms. The molecule has 6 heteroatoms. The quantitative estimate of drug-likeness (QED) is 0.727. The van der Waals surface area contributed by atoms with Gasteiger partial charge in [0.25, 0.3) is 5.91 Å². The molecule has 1 fully saturated rings. The summed E-state index contributed by atoms with van der Waals surface area (Å²) in [7, 11) is 0. The smallest absolute Gasteiger partial charge is 0.254 e. The fourth-order valence-corrected chi connectivity index (χ4v) is 3.52. The van der Waals surface area contributed by atoms with Crippen molar-refractivity contribution < 1.29 is 4.79 Å². The summed E-state index contributed by atoms with van der Waals surface area (Å²) < 4.78 is 0. The van der Waals surface area contributed by atoms with Crippen molar-refractivity contribution in [2.45, 2.75) is 13.5 Å². The minimum atomic E-state index is 0.0529. The molecule has 1 amide bonds. The van der Waals surface area contributed by atoms with Crippen LogP contribution in [0.5, 0.6) is 0 Å². The maximum Gasteiger partial charge on any atom is 0.254 e. The number of benzene rings is 1. The summed E-state index contributed by atoms with van der Waals surface area (Å²) in [5.74, 6) is 0.733. The van der Waals surface area contributed by atoms with E-state index >= 15 is 0 Å². The van der Waals surface area contributed by atoms with Crippen molar-refractivity contribution in [1.29, 1.82) is 0 Å². The first-order valence-electron chi connectivity index (χ1n) is 9.90. The van der Waals surface area contributed by atoms with Crippen LogP contribution in [0, 0.1) is 6.92 Å². The van der Waals surface area contributed by atoms with Gasteiger partial charge in [-0.1, -0.05) is 18.2 Å². The molecule has 1 N–H and O–H groups in total. The lowest BCUT2D eigenvalue weighted by Crippen LogP contribution is -2.48. The molecule has 0 radical (unpaired) electrons. The van der Waals surface area contributed by atoms with Crippen LogP contribution in [0.15, 0.2) is 67.0 Å². The molecular formula is C23H25N5O. The van der Waals surface area contributed by atoms with Gasteiger partial charge in [-0.2, -0.15) is 0 Å². The Morgan fingerprint density at radius 3 is 2.59 bits per heavy atom. The van der Waals surface area contributed by atoms with Crippen LogP contribution in [-0.4, -0.2) is 47.0 Å². The van der Waals surface area contributed by atoms with Crippen molar-refractivity contribution in [3.05, 3.63) is 83.8 Å². The first-order chi connectivity index (χ1) is 14.2. The molecule has 0 unspecified atom stereocenters. The highest BCUT2D eigenvalue weighted by Gasteiger charge is 2.22. The second-order valence-corrected chi connectivity index (χ2v) is 7.22. The summed E-state index contributed by atoms with van der Waals surface area (Å²) in [4.78, 5) is 25.8. The molecule has 3 aromatic rings. The Labute approximate surface area is 171 Å². The molecule has 1 aromatic carbocycles. The van der Waals surface area contributed by atoms with Gasteiger partial charge in [0.05, 0.1) is 12.2 Å². The van der Waals surface area contributed by atoms with E-state index in [0.29, 0.717) is 31.0 Å². The number of nitrogens with one attached hydrogen (secondary N) is 1. The summed E-state index contributed by atoms with van der Waals surface area (Å²) in [5.41, 5.74) is 4.07. The Balaban J connectivity index is 1.36. The Hall–Kier alpha value is -3.41. The van der Waals surface area contributed by atoms with Gasteiger partial charge in [0.1, 0.15) is 5.82 Å². The van der Waals surface area contributed by atoms with Gasteiger partial charge >= 0.3 is 0 Å². The summed E-state index contributed by atoms with van der Waals surface area (Å²) in [5, 5.41) is 3.24. The second kappa shape index (κ2) is 8.73. The summed E-state index contributed by atoms with van der Waals surface area (Å²) >= 11 is 0. The van der Waals surface area contributed by atoms with Gasteiger partial charge in [-0.05, 0) is 48.9 Å². The van der Waals surface area contributed by atoms with Crippen LogP contribution in [0.4, 0.5) is 11.5 Å². The number of amides is 1. The topological polar surface area (TPSA) is 61.4 Å². The highest BCUT2D eigenvalue weighted by atomic mass is 16.2. The van der Waals surface area contributed by atoms with Crippen LogP contribution < -0.4 is 10.2 Å². The molecule has 6 nitrogen and oxygen atoms in total. The van der Waals surface area contributed by atoms with E-state index in [-0.39, 0.29) is 5.91 Å². The summed E-state index contributed by atoms with van der Waals surface area (Å²) in [6.07, 6.45) is 3.44. The molecular weight excluding hydrogens is 362 g/mol. The van der Waals surface area contributed by atoms with Gasteiger partial charge in [-0.15, -0.1) is 0 Å². The van der Waals surface area contributed by atoms with Gasteiger partial charge in [0, 0.05) is 49.8 Å². The molecule has 4 rings (SSSR count).